The standard InChI is InChI=1S/C19H15N3O2/c1-24-16-9-5-8-15(12-16)22-11-10-21-13-17(20-18(21)19(22)23)14-6-3-2-4-7-14/h2-13H,1H3. The molecule has 0 aliphatic carbocycles. The number of imidazole rings is 1. The number of benzene rings is 2. The Morgan fingerprint density at radius 1 is 1.00 bits per heavy atom. The third-order valence-corrected chi connectivity index (χ3v) is 3.92. The first-order valence-electron chi connectivity index (χ1n) is 7.56. The molecule has 0 unspecified atom stereocenters. The molecule has 0 aliphatic rings. The minimum absolute atomic E-state index is 0.173. The minimum atomic E-state index is -0.173. The Bertz CT molecular complexity index is 1060. The summed E-state index contributed by atoms with van der Waals surface area (Å²) in [5, 5.41) is 0. The van der Waals surface area contributed by atoms with Crippen LogP contribution in [-0.4, -0.2) is 21.1 Å². The largest absolute Gasteiger partial charge is 0.497 e. The Labute approximate surface area is 138 Å². The lowest BCUT2D eigenvalue weighted by Gasteiger charge is -2.07. The van der Waals surface area contributed by atoms with Crippen molar-refractivity contribution in [3.63, 3.8) is 0 Å². The molecule has 4 rings (SSSR count). The highest BCUT2D eigenvalue weighted by Gasteiger charge is 2.10. The molecule has 0 fully saturated rings. The third-order valence-electron chi connectivity index (χ3n) is 3.92. The van der Waals surface area contributed by atoms with E-state index in [0.29, 0.717) is 11.4 Å². The topological polar surface area (TPSA) is 48.5 Å². The van der Waals surface area contributed by atoms with Crippen molar-refractivity contribution in [2.45, 2.75) is 0 Å². The van der Waals surface area contributed by atoms with Crippen LogP contribution < -0.4 is 10.3 Å². The summed E-state index contributed by atoms with van der Waals surface area (Å²) in [7, 11) is 1.60. The van der Waals surface area contributed by atoms with E-state index in [1.165, 1.54) is 0 Å². The average molecular weight is 317 g/mol. The summed E-state index contributed by atoms with van der Waals surface area (Å²) in [4.78, 5) is 17.3. The molecule has 0 saturated carbocycles. The van der Waals surface area contributed by atoms with E-state index in [9.17, 15) is 4.79 Å². The second-order valence-corrected chi connectivity index (χ2v) is 5.40. The maximum atomic E-state index is 12.8. The molecule has 118 valence electrons. The van der Waals surface area contributed by atoms with Gasteiger partial charge in [0.1, 0.15) is 5.75 Å². The van der Waals surface area contributed by atoms with Crippen LogP contribution in [0.1, 0.15) is 0 Å². The van der Waals surface area contributed by atoms with Gasteiger partial charge in [-0.05, 0) is 12.1 Å². The molecule has 5 nitrogen and oxygen atoms in total. The van der Waals surface area contributed by atoms with E-state index in [-0.39, 0.29) is 5.56 Å². The molecule has 0 amide bonds. The molecule has 0 atom stereocenters. The van der Waals surface area contributed by atoms with Gasteiger partial charge in [0.25, 0.3) is 5.56 Å². The Balaban J connectivity index is 1.88. The van der Waals surface area contributed by atoms with E-state index in [2.05, 4.69) is 4.98 Å². The lowest BCUT2D eigenvalue weighted by Crippen LogP contribution is -2.19. The summed E-state index contributed by atoms with van der Waals surface area (Å²) in [5.74, 6) is 0.701. The normalized spacial score (nSPS) is 10.9. The highest BCUT2D eigenvalue weighted by Crippen LogP contribution is 2.18. The van der Waals surface area contributed by atoms with Gasteiger partial charge in [0.15, 0.2) is 0 Å². The van der Waals surface area contributed by atoms with Crippen LogP contribution in [0.3, 0.4) is 0 Å². The molecule has 0 bridgehead atoms. The molecule has 2 heterocycles. The maximum Gasteiger partial charge on any atom is 0.298 e. The van der Waals surface area contributed by atoms with Crippen molar-refractivity contribution < 1.29 is 4.74 Å². The molecule has 24 heavy (non-hydrogen) atoms. The monoisotopic (exact) mass is 317 g/mol. The summed E-state index contributed by atoms with van der Waals surface area (Å²) >= 11 is 0. The van der Waals surface area contributed by atoms with Crippen molar-refractivity contribution in [2.75, 3.05) is 7.11 Å². The van der Waals surface area contributed by atoms with Gasteiger partial charge in [-0.3, -0.25) is 9.36 Å². The van der Waals surface area contributed by atoms with E-state index in [1.54, 1.807) is 22.3 Å². The average Bonchev–Trinajstić information content (AvgIpc) is 3.08. The first-order chi connectivity index (χ1) is 11.8. The number of hydrogen-bond acceptors (Lipinski definition) is 3. The van der Waals surface area contributed by atoms with Crippen LogP contribution >= 0.6 is 0 Å². The number of fused-ring (bicyclic) bond motifs is 1. The highest BCUT2D eigenvalue weighted by atomic mass is 16.5. The van der Waals surface area contributed by atoms with Crippen LogP contribution in [-0.2, 0) is 0 Å². The summed E-state index contributed by atoms with van der Waals surface area (Å²) in [6.45, 7) is 0. The molecule has 4 aromatic rings. The molecule has 0 aliphatic heterocycles. The predicted octanol–water partition coefficient (Wildman–Crippen LogP) is 3.16. The van der Waals surface area contributed by atoms with Gasteiger partial charge >= 0.3 is 0 Å². The Kier molecular flexibility index (Phi) is 3.39. The first kappa shape index (κ1) is 14.3. The Morgan fingerprint density at radius 2 is 1.83 bits per heavy atom. The van der Waals surface area contributed by atoms with Gasteiger partial charge < -0.3 is 9.14 Å². The molecule has 0 N–H and O–H groups in total. The quantitative estimate of drug-likeness (QED) is 0.583. The van der Waals surface area contributed by atoms with Gasteiger partial charge in [-0.15, -0.1) is 0 Å². The van der Waals surface area contributed by atoms with Crippen molar-refractivity contribution in [2.24, 2.45) is 0 Å². The zero-order valence-electron chi connectivity index (χ0n) is 13.1. The number of ether oxygens (including phenoxy) is 1. The van der Waals surface area contributed by atoms with Crippen molar-refractivity contribution in [1.82, 2.24) is 14.0 Å². The van der Waals surface area contributed by atoms with Crippen molar-refractivity contribution in [3.05, 3.63) is 83.5 Å². The predicted molar refractivity (Wildman–Crippen MR) is 92.8 cm³/mol. The molecular weight excluding hydrogens is 302 g/mol. The van der Waals surface area contributed by atoms with E-state index in [0.717, 1.165) is 16.9 Å². The number of aromatic nitrogens is 3. The molecule has 0 saturated heterocycles. The van der Waals surface area contributed by atoms with Crippen molar-refractivity contribution >= 4 is 5.65 Å². The number of nitrogens with zero attached hydrogens (tertiary/aromatic N) is 3. The summed E-state index contributed by atoms with van der Waals surface area (Å²) in [6, 6.07) is 17.2. The fourth-order valence-electron chi connectivity index (χ4n) is 2.69. The van der Waals surface area contributed by atoms with E-state index < -0.39 is 0 Å². The van der Waals surface area contributed by atoms with E-state index in [1.807, 2.05) is 67.0 Å². The van der Waals surface area contributed by atoms with Crippen LogP contribution in [0.2, 0.25) is 0 Å². The smallest absolute Gasteiger partial charge is 0.298 e. The van der Waals surface area contributed by atoms with Crippen LogP contribution in [0.25, 0.3) is 22.6 Å². The van der Waals surface area contributed by atoms with Crippen LogP contribution in [0, 0.1) is 0 Å². The second kappa shape index (κ2) is 5.70. The third kappa shape index (κ3) is 2.36. The summed E-state index contributed by atoms with van der Waals surface area (Å²) < 4.78 is 8.55. The van der Waals surface area contributed by atoms with Gasteiger partial charge in [0, 0.05) is 30.2 Å². The van der Waals surface area contributed by atoms with Gasteiger partial charge in [0.2, 0.25) is 5.65 Å². The highest BCUT2D eigenvalue weighted by molar-refractivity contribution is 5.62. The molecule has 2 aromatic carbocycles. The molecule has 2 aromatic heterocycles. The van der Waals surface area contributed by atoms with Gasteiger partial charge in [0.05, 0.1) is 18.5 Å². The summed E-state index contributed by atoms with van der Waals surface area (Å²) in [6.07, 6.45) is 5.43. The van der Waals surface area contributed by atoms with E-state index >= 15 is 0 Å². The van der Waals surface area contributed by atoms with Crippen LogP contribution in [0.15, 0.2) is 78.0 Å². The Hall–Kier alpha value is -3.34. The molecular formula is C19H15N3O2. The van der Waals surface area contributed by atoms with E-state index in [4.69, 9.17) is 4.74 Å². The second-order valence-electron chi connectivity index (χ2n) is 5.40. The zero-order chi connectivity index (χ0) is 16.5. The van der Waals surface area contributed by atoms with Crippen molar-refractivity contribution in [1.29, 1.82) is 0 Å². The van der Waals surface area contributed by atoms with Gasteiger partial charge in [-0.1, -0.05) is 36.4 Å². The number of methoxy groups -OCH3 is 1. The first-order valence-corrected chi connectivity index (χ1v) is 7.56. The number of hydrogen-bond donors (Lipinski definition) is 0. The van der Waals surface area contributed by atoms with Crippen molar-refractivity contribution in [3.8, 4) is 22.7 Å². The number of rotatable bonds is 3. The van der Waals surface area contributed by atoms with Gasteiger partial charge in [-0.2, -0.15) is 0 Å². The lowest BCUT2D eigenvalue weighted by atomic mass is 10.2. The minimum Gasteiger partial charge on any atom is -0.497 e. The van der Waals surface area contributed by atoms with Crippen LogP contribution in [0.4, 0.5) is 0 Å². The molecule has 5 heteroatoms. The molecule has 0 spiro atoms. The molecule has 0 radical (unpaired) electrons. The lowest BCUT2D eigenvalue weighted by molar-refractivity contribution is 0.414. The van der Waals surface area contributed by atoms with Gasteiger partial charge in [-0.25, -0.2) is 4.98 Å². The fraction of sp³-hybridized carbons (Fsp3) is 0.0526. The Morgan fingerprint density at radius 3 is 2.62 bits per heavy atom. The summed E-state index contributed by atoms with van der Waals surface area (Å²) in [5.41, 5.74) is 2.71. The fourth-order valence-corrected chi connectivity index (χ4v) is 2.69. The van der Waals surface area contributed by atoms with Crippen LogP contribution in [0.5, 0.6) is 5.75 Å². The zero-order valence-corrected chi connectivity index (χ0v) is 13.1. The maximum absolute atomic E-state index is 12.8. The SMILES string of the molecule is COc1cccc(-n2ccn3cc(-c4ccccc4)nc3c2=O)c1.